The molecular formula is C18H17NO5. The summed E-state index contributed by atoms with van der Waals surface area (Å²) in [4.78, 5) is 35.6. The molecule has 0 saturated heterocycles. The Kier molecular flexibility index (Phi) is 5.68. The van der Waals surface area contributed by atoms with E-state index in [2.05, 4.69) is 10.1 Å². The van der Waals surface area contributed by atoms with Crippen LogP contribution in [0.1, 0.15) is 26.3 Å². The lowest BCUT2D eigenvalue weighted by molar-refractivity contribution is -0.119. The maximum atomic E-state index is 12.0. The molecule has 0 aliphatic heterocycles. The molecule has 1 amide bonds. The van der Waals surface area contributed by atoms with E-state index in [-0.39, 0.29) is 5.56 Å². The molecule has 6 heteroatoms. The van der Waals surface area contributed by atoms with E-state index in [1.54, 1.807) is 43.3 Å². The topological polar surface area (TPSA) is 81.7 Å². The number of carbonyl (C=O) groups is 3. The fraction of sp³-hybridized carbons (Fsp3) is 0.167. The number of rotatable bonds is 5. The van der Waals surface area contributed by atoms with Gasteiger partial charge in [-0.1, -0.05) is 30.3 Å². The lowest BCUT2D eigenvalue weighted by Gasteiger charge is -2.10. The second kappa shape index (κ2) is 7.92. The van der Waals surface area contributed by atoms with Crippen LogP contribution >= 0.6 is 0 Å². The minimum atomic E-state index is -0.579. The lowest BCUT2D eigenvalue weighted by Crippen LogP contribution is -2.22. The standard InChI is InChI=1S/C18H17NO5/c1-12-7-3-4-8-13(12)18(22)24-11-16(20)19-15-10-6-5-9-14(15)17(21)23-2/h3-10H,11H2,1-2H3,(H,19,20). The van der Waals surface area contributed by atoms with Crippen LogP contribution in [0.25, 0.3) is 0 Å². The van der Waals surface area contributed by atoms with E-state index in [4.69, 9.17) is 4.74 Å². The number of methoxy groups -OCH3 is 1. The number of carbonyl (C=O) groups excluding carboxylic acids is 3. The number of esters is 2. The van der Waals surface area contributed by atoms with Gasteiger partial charge in [0.05, 0.1) is 23.9 Å². The van der Waals surface area contributed by atoms with Gasteiger partial charge in [-0.15, -0.1) is 0 Å². The molecule has 0 unspecified atom stereocenters. The van der Waals surface area contributed by atoms with Gasteiger partial charge >= 0.3 is 11.9 Å². The summed E-state index contributed by atoms with van der Waals surface area (Å²) in [6.45, 7) is 1.33. The van der Waals surface area contributed by atoms with Crippen molar-refractivity contribution in [3.05, 3.63) is 65.2 Å². The number of ether oxygens (including phenoxy) is 2. The van der Waals surface area contributed by atoms with Crippen LogP contribution in [0.5, 0.6) is 0 Å². The van der Waals surface area contributed by atoms with Crippen LogP contribution in [0.2, 0.25) is 0 Å². The highest BCUT2D eigenvalue weighted by molar-refractivity contribution is 6.02. The average molecular weight is 327 g/mol. The number of hydrogen-bond acceptors (Lipinski definition) is 5. The summed E-state index contributed by atoms with van der Waals surface area (Å²) in [6, 6.07) is 13.3. The third-order valence-corrected chi connectivity index (χ3v) is 3.31. The van der Waals surface area contributed by atoms with Crippen molar-refractivity contribution in [1.82, 2.24) is 0 Å². The van der Waals surface area contributed by atoms with Crippen molar-refractivity contribution >= 4 is 23.5 Å². The molecule has 2 aromatic carbocycles. The molecule has 0 fully saturated rings. The molecule has 0 radical (unpaired) electrons. The van der Waals surface area contributed by atoms with Crippen LogP contribution in [0, 0.1) is 6.92 Å². The molecule has 24 heavy (non-hydrogen) atoms. The van der Waals surface area contributed by atoms with Crippen molar-refractivity contribution in [3.8, 4) is 0 Å². The monoisotopic (exact) mass is 327 g/mol. The van der Waals surface area contributed by atoms with Gasteiger partial charge < -0.3 is 14.8 Å². The molecule has 0 atom stereocenters. The molecule has 0 spiro atoms. The Morgan fingerprint density at radius 3 is 2.21 bits per heavy atom. The van der Waals surface area contributed by atoms with E-state index >= 15 is 0 Å². The molecule has 6 nitrogen and oxygen atoms in total. The maximum Gasteiger partial charge on any atom is 0.339 e. The summed E-state index contributed by atoms with van der Waals surface area (Å²) in [6.07, 6.45) is 0. The van der Waals surface area contributed by atoms with Crippen LogP contribution in [0.15, 0.2) is 48.5 Å². The molecule has 1 N–H and O–H groups in total. The van der Waals surface area contributed by atoms with Crippen molar-refractivity contribution in [3.63, 3.8) is 0 Å². The Morgan fingerprint density at radius 1 is 0.917 bits per heavy atom. The second-order valence-corrected chi connectivity index (χ2v) is 4.98. The summed E-state index contributed by atoms with van der Waals surface area (Å²) >= 11 is 0. The molecule has 124 valence electrons. The SMILES string of the molecule is COC(=O)c1ccccc1NC(=O)COC(=O)c1ccccc1C. The average Bonchev–Trinajstić information content (AvgIpc) is 2.60. The second-order valence-electron chi connectivity index (χ2n) is 4.98. The molecule has 0 aliphatic carbocycles. The van der Waals surface area contributed by atoms with E-state index in [0.717, 1.165) is 5.56 Å². The lowest BCUT2D eigenvalue weighted by atomic mass is 10.1. The number of aryl methyl sites for hydroxylation is 1. The van der Waals surface area contributed by atoms with E-state index < -0.39 is 24.5 Å². The summed E-state index contributed by atoms with van der Waals surface area (Å²) in [5, 5.41) is 2.53. The third-order valence-electron chi connectivity index (χ3n) is 3.31. The largest absolute Gasteiger partial charge is 0.465 e. The van der Waals surface area contributed by atoms with Gasteiger partial charge in [0, 0.05) is 0 Å². The molecule has 0 aromatic heterocycles. The van der Waals surface area contributed by atoms with Gasteiger partial charge in [0.25, 0.3) is 5.91 Å². The molecule has 0 aliphatic rings. The zero-order chi connectivity index (χ0) is 17.5. The Labute approximate surface area is 139 Å². The Morgan fingerprint density at radius 2 is 1.54 bits per heavy atom. The number of benzene rings is 2. The fourth-order valence-corrected chi connectivity index (χ4v) is 2.08. The van der Waals surface area contributed by atoms with Gasteiger partial charge in [-0.25, -0.2) is 9.59 Å². The minimum absolute atomic E-state index is 0.221. The minimum Gasteiger partial charge on any atom is -0.465 e. The summed E-state index contributed by atoms with van der Waals surface area (Å²) in [5.74, 6) is -1.69. The number of nitrogens with one attached hydrogen (secondary N) is 1. The van der Waals surface area contributed by atoms with Crippen LogP contribution in [-0.4, -0.2) is 31.6 Å². The highest BCUT2D eigenvalue weighted by Crippen LogP contribution is 2.16. The van der Waals surface area contributed by atoms with Gasteiger partial charge in [-0.3, -0.25) is 4.79 Å². The first-order chi connectivity index (χ1) is 11.5. The zero-order valence-corrected chi connectivity index (χ0v) is 13.4. The Bertz CT molecular complexity index is 770. The third kappa shape index (κ3) is 4.19. The van der Waals surface area contributed by atoms with Crippen molar-refractivity contribution in [1.29, 1.82) is 0 Å². The smallest absolute Gasteiger partial charge is 0.339 e. The summed E-state index contributed by atoms with van der Waals surface area (Å²) in [7, 11) is 1.25. The molecule has 0 saturated carbocycles. The van der Waals surface area contributed by atoms with Crippen LogP contribution < -0.4 is 5.32 Å². The number of para-hydroxylation sites is 1. The van der Waals surface area contributed by atoms with Gasteiger partial charge in [0.1, 0.15) is 0 Å². The van der Waals surface area contributed by atoms with Crippen LogP contribution in [-0.2, 0) is 14.3 Å². The molecule has 2 rings (SSSR count). The predicted molar refractivity (Wildman–Crippen MR) is 87.9 cm³/mol. The Hall–Kier alpha value is -3.15. The predicted octanol–water partition coefficient (Wildman–Crippen LogP) is 2.58. The summed E-state index contributed by atoms with van der Waals surface area (Å²) in [5.41, 5.74) is 1.68. The molecule has 2 aromatic rings. The molecular weight excluding hydrogens is 310 g/mol. The van der Waals surface area contributed by atoms with Crippen molar-refractivity contribution < 1.29 is 23.9 Å². The first-order valence-electron chi connectivity index (χ1n) is 7.23. The highest BCUT2D eigenvalue weighted by atomic mass is 16.5. The number of anilines is 1. The van der Waals surface area contributed by atoms with Crippen LogP contribution in [0.4, 0.5) is 5.69 Å². The van der Waals surface area contributed by atoms with Crippen LogP contribution in [0.3, 0.4) is 0 Å². The van der Waals surface area contributed by atoms with Crippen molar-refractivity contribution in [2.75, 3.05) is 19.0 Å². The normalized spacial score (nSPS) is 9.92. The summed E-state index contributed by atoms with van der Waals surface area (Å²) < 4.78 is 9.65. The highest BCUT2D eigenvalue weighted by Gasteiger charge is 2.15. The molecule has 0 bridgehead atoms. The van der Waals surface area contributed by atoms with E-state index in [1.165, 1.54) is 13.2 Å². The van der Waals surface area contributed by atoms with Crippen molar-refractivity contribution in [2.45, 2.75) is 6.92 Å². The van der Waals surface area contributed by atoms with E-state index in [1.807, 2.05) is 6.07 Å². The van der Waals surface area contributed by atoms with E-state index in [0.29, 0.717) is 11.3 Å². The first kappa shape index (κ1) is 17.2. The van der Waals surface area contributed by atoms with E-state index in [9.17, 15) is 14.4 Å². The number of hydrogen-bond donors (Lipinski definition) is 1. The fourth-order valence-electron chi connectivity index (χ4n) is 2.08. The first-order valence-corrected chi connectivity index (χ1v) is 7.23. The Balaban J connectivity index is 1.99. The van der Waals surface area contributed by atoms with Crippen molar-refractivity contribution in [2.24, 2.45) is 0 Å². The maximum absolute atomic E-state index is 12.0. The van der Waals surface area contributed by atoms with Gasteiger partial charge in [0.2, 0.25) is 0 Å². The zero-order valence-electron chi connectivity index (χ0n) is 13.4. The quantitative estimate of drug-likeness (QED) is 0.854. The number of amides is 1. The molecule has 0 heterocycles. The van der Waals surface area contributed by atoms with Gasteiger partial charge in [-0.05, 0) is 30.7 Å². The van der Waals surface area contributed by atoms with Gasteiger partial charge in [-0.2, -0.15) is 0 Å². The van der Waals surface area contributed by atoms with Gasteiger partial charge in [0.15, 0.2) is 6.61 Å².